The molecule has 0 aliphatic carbocycles. The van der Waals surface area contributed by atoms with Crippen molar-refractivity contribution in [3.63, 3.8) is 0 Å². The molecule has 2 aliphatic rings. The molecule has 2 rings (SSSR count). The molecule has 2 fully saturated rings. The van der Waals surface area contributed by atoms with Crippen LogP contribution in [0.4, 0.5) is 0 Å². The van der Waals surface area contributed by atoms with Crippen LogP contribution in [0.1, 0.15) is 65.2 Å². The Morgan fingerprint density at radius 2 is 1.84 bits per heavy atom. The van der Waals surface area contributed by atoms with E-state index >= 15 is 0 Å². The van der Waals surface area contributed by atoms with Gasteiger partial charge in [-0.05, 0) is 51.0 Å². The van der Waals surface area contributed by atoms with Crippen molar-refractivity contribution in [2.45, 2.75) is 77.3 Å². The summed E-state index contributed by atoms with van der Waals surface area (Å²) in [6.07, 6.45) is 8.21. The summed E-state index contributed by atoms with van der Waals surface area (Å²) in [5, 5.41) is 3.00. The summed E-state index contributed by atoms with van der Waals surface area (Å²) in [7, 11) is 4.06. The van der Waals surface area contributed by atoms with Gasteiger partial charge in [0.05, 0.1) is 0 Å². The van der Waals surface area contributed by atoms with Crippen LogP contribution in [0.2, 0.25) is 0 Å². The number of nitrogens with one attached hydrogen (secondary N) is 1. The van der Waals surface area contributed by atoms with Crippen molar-refractivity contribution < 1.29 is 9.59 Å². The van der Waals surface area contributed by atoms with Crippen LogP contribution in [0.25, 0.3) is 0 Å². The molecule has 2 heterocycles. The second-order valence-electron chi connectivity index (χ2n) is 8.54. The Morgan fingerprint density at radius 3 is 2.44 bits per heavy atom. The second-order valence-corrected chi connectivity index (χ2v) is 8.54. The summed E-state index contributed by atoms with van der Waals surface area (Å²) in [4.78, 5) is 28.5. The van der Waals surface area contributed by atoms with Gasteiger partial charge < -0.3 is 15.1 Å². The molecular weight excluding hydrogens is 314 g/mol. The van der Waals surface area contributed by atoms with Gasteiger partial charge in [0.1, 0.15) is 0 Å². The molecule has 144 valence electrons. The monoisotopic (exact) mass is 351 g/mol. The summed E-state index contributed by atoms with van der Waals surface area (Å²) in [5.74, 6) is 1.51. The Kier molecular flexibility index (Phi) is 7.73. The third kappa shape index (κ3) is 6.28. The summed E-state index contributed by atoms with van der Waals surface area (Å²) < 4.78 is 0. The Hall–Kier alpha value is -1.10. The molecule has 2 bridgehead atoms. The van der Waals surface area contributed by atoms with E-state index in [9.17, 15) is 9.59 Å². The molecule has 0 aromatic rings. The Balaban J connectivity index is 1.58. The largest absolute Gasteiger partial charge is 0.354 e. The first-order valence-electron chi connectivity index (χ1n) is 10.1. The molecule has 1 N–H and O–H groups in total. The summed E-state index contributed by atoms with van der Waals surface area (Å²) in [5.41, 5.74) is 0. The van der Waals surface area contributed by atoms with E-state index in [-0.39, 0.29) is 11.8 Å². The van der Waals surface area contributed by atoms with E-state index in [1.165, 1.54) is 12.8 Å². The summed E-state index contributed by atoms with van der Waals surface area (Å²) >= 11 is 0. The highest BCUT2D eigenvalue weighted by molar-refractivity contribution is 5.77. The van der Waals surface area contributed by atoms with Crippen molar-refractivity contribution in [3.05, 3.63) is 0 Å². The highest BCUT2D eigenvalue weighted by Gasteiger charge is 2.38. The maximum Gasteiger partial charge on any atom is 0.222 e. The fourth-order valence-corrected chi connectivity index (χ4v) is 4.37. The van der Waals surface area contributed by atoms with E-state index in [0.29, 0.717) is 49.9 Å². The predicted octanol–water partition coefficient (Wildman–Crippen LogP) is 2.65. The van der Waals surface area contributed by atoms with E-state index in [1.54, 1.807) is 4.90 Å². The molecule has 0 aromatic heterocycles. The zero-order valence-corrected chi connectivity index (χ0v) is 16.6. The minimum Gasteiger partial charge on any atom is -0.354 e. The van der Waals surface area contributed by atoms with E-state index in [4.69, 9.17) is 0 Å². The number of likely N-dealkylation sites (N-methyl/N-ethyl adjacent to an activating group) is 1. The maximum atomic E-state index is 12.2. The number of nitrogens with zero attached hydrogens (tertiary/aromatic N) is 2. The number of hydrogen-bond donors (Lipinski definition) is 1. The van der Waals surface area contributed by atoms with Crippen LogP contribution >= 0.6 is 0 Å². The average Bonchev–Trinajstić information content (AvgIpc) is 2.76. The minimum absolute atomic E-state index is 0.148. The lowest BCUT2D eigenvalue weighted by molar-refractivity contribution is -0.130. The number of carbonyl (C=O) groups is 2. The first-order chi connectivity index (χ1) is 11.9. The van der Waals surface area contributed by atoms with Gasteiger partial charge in [0, 0.05) is 45.1 Å². The lowest BCUT2D eigenvalue weighted by Gasteiger charge is -2.36. The SMILES string of the molecule is CC(C)CCCC(=O)N(C)CCNC(=O)CC1CC2CCC(C1)N2C. The van der Waals surface area contributed by atoms with E-state index < -0.39 is 0 Å². The lowest BCUT2D eigenvalue weighted by atomic mass is 9.88. The van der Waals surface area contributed by atoms with Gasteiger partial charge in [0.25, 0.3) is 0 Å². The molecule has 2 unspecified atom stereocenters. The fourth-order valence-electron chi connectivity index (χ4n) is 4.37. The maximum absolute atomic E-state index is 12.2. The van der Waals surface area contributed by atoms with E-state index in [1.807, 2.05) is 7.05 Å². The van der Waals surface area contributed by atoms with Crippen LogP contribution in [-0.2, 0) is 9.59 Å². The third-order valence-corrected chi connectivity index (χ3v) is 6.04. The standard InChI is InChI=1S/C20H37N3O2/c1-15(2)6-5-7-20(25)22(3)11-10-21-19(24)14-16-12-17-8-9-18(13-16)23(17)4/h15-18H,5-14H2,1-4H3,(H,21,24). The minimum atomic E-state index is 0.148. The highest BCUT2D eigenvalue weighted by Crippen LogP contribution is 2.38. The Morgan fingerprint density at radius 1 is 1.20 bits per heavy atom. The summed E-state index contributed by atoms with van der Waals surface area (Å²) in [6, 6.07) is 1.37. The van der Waals surface area contributed by atoms with Crippen molar-refractivity contribution >= 4 is 11.8 Å². The van der Waals surface area contributed by atoms with Crippen molar-refractivity contribution in [3.8, 4) is 0 Å². The topological polar surface area (TPSA) is 52.7 Å². The first kappa shape index (κ1) is 20.2. The number of fused-ring (bicyclic) bond motifs is 2. The van der Waals surface area contributed by atoms with E-state index in [2.05, 4.69) is 31.1 Å². The number of piperidine rings is 1. The fraction of sp³-hybridized carbons (Fsp3) is 0.900. The highest BCUT2D eigenvalue weighted by atomic mass is 16.2. The van der Waals surface area contributed by atoms with Crippen LogP contribution in [0, 0.1) is 11.8 Å². The first-order valence-corrected chi connectivity index (χ1v) is 10.1. The predicted molar refractivity (Wildman–Crippen MR) is 101 cm³/mol. The molecule has 2 amide bonds. The van der Waals surface area contributed by atoms with Gasteiger partial charge in [-0.1, -0.05) is 20.3 Å². The van der Waals surface area contributed by atoms with Gasteiger partial charge in [-0.25, -0.2) is 0 Å². The molecule has 0 saturated carbocycles. The normalized spacial score (nSPS) is 26.0. The molecule has 5 nitrogen and oxygen atoms in total. The quantitative estimate of drug-likeness (QED) is 0.695. The second kappa shape index (κ2) is 9.56. The molecule has 2 aliphatic heterocycles. The third-order valence-electron chi connectivity index (χ3n) is 6.04. The van der Waals surface area contributed by atoms with E-state index in [0.717, 1.165) is 25.7 Å². The van der Waals surface area contributed by atoms with Crippen molar-refractivity contribution in [1.82, 2.24) is 15.1 Å². The van der Waals surface area contributed by atoms with Gasteiger partial charge in [-0.3, -0.25) is 9.59 Å². The smallest absolute Gasteiger partial charge is 0.222 e. The molecule has 0 spiro atoms. The zero-order chi connectivity index (χ0) is 18.4. The van der Waals surface area contributed by atoms with Gasteiger partial charge >= 0.3 is 0 Å². The molecule has 2 atom stereocenters. The number of hydrogen-bond acceptors (Lipinski definition) is 3. The average molecular weight is 352 g/mol. The lowest BCUT2D eigenvalue weighted by Crippen LogP contribution is -2.42. The van der Waals surface area contributed by atoms with Crippen molar-refractivity contribution in [2.75, 3.05) is 27.2 Å². The molecule has 5 heteroatoms. The van der Waals surface area contributed by atoms with Crippen molar-refractivity contribution in [2.24, 2.45) is 11.8 Å². The van der Waals surface area contributed by atoms with Crippen molar-refractivity contribution in [1.29, 1.82) is 0 Å². The van der Waals surface area contributed by atoms with Crippen LogP contribution in [0.15, 0.2) is 0 Å². The van der Waals surface area contributed by atoms with Crippen LogP contribution < -0.4 is 5.32 Å². The number of carbonyl (C=O) groups excluding carboxylic acids is 2. The van der Waals surface area contributed by atoms with Crippen LogP contribution in [0.5, 0.6) is 0 Å². The molecule has 25 heavy (non-hydrogen) atoms. The molecule has 0 aromatic carbocycles. The Bertz CT molecular complexity index is 438. The van der Waals surface area contributed by atoms with Gasteiger partial charge in [-0.2, -0.15) is 0 Å². The molecular formula is C20H37N3O2. The van der Waals surface area contributed by atoms with Gasteiger partial charge in [0.15, 0.2) is 0 Å². The number of rotatable bonds is 9. The van der Waals surface area contributed by atoms with Crippen LogP contribution in [0.3, 0.4) is 0 Å². The molecule has 0 radical (unpaired) electrons. The van der Waals surface area contributed by atoms with Gasteiger partial charge in [-0.15, -0.1) is 0 Å². The molecule has 2 saturated heterocycles. The van der Waals surface area contributed by atoms with Gasteiger partial charge in [0.2, 0.25) is 11.8 Å². The summed E-state index contributed by atoms with van der Waals surface area (Å²) in [6.45, 7) is 5.52. The zero-order valence-electron chi connectivity index (χ0n) is 16.6. The Labute approximate surface area is 153 Å². The van der Waals surface area contributed by atoms with Crippen LogP contribution in [-0.4, -0.2) is 60.9 Å². The number of amides is 2.